The maximum atomic E-state index is 9.33. The molecule has 0 aliphatic heterocycles. The summed E-state index contributed by atoms with van der Waals surface area (Å²) in [6, 6.07) is 8.55. The summed E-state index contributed by atoms with van der Waals surface area (Å²) in [5.74, 6) is 2.92. The molecule has 0 fully saturated rings. The molecular formula is C23H37N5O. The van der Waals surface area contributed by atoms with Crippen molar-refractivity contribution in [3.8, 4) is 0 Å². The Balaban J connectivity index is 1.98. The Labute approximate surface area is 175 Å². The normalized spacial score (nSPS) is 13.0. The van der Waals surface area contributed by atoms with Gasteiger partial charge in [0.2, 0.25) is 0 Å². The van der Waals surface area contributed by atoms with E-state index in [2.05, 4.69) is 65.2 Å². The second-order valence-corrected chi connectivity index (χ2v) is 8.01. The molecule has 1 aromatic heterocycles. The summed E-state index contributed by atoms with van der Waals surface area (Å²) < 4.78 is 2.14. The van der Waals surface area contributed by atoms with Gasteiger partial charge in [-0.15, -0.1) is 0 Å². The monoisotopic (exact) mass is 399 g/mol. The van der Waals surface area contributed by atoms with Gasteiger partial charge < -0.3 is 20.3 Å². The SMILES string of the molecule is CCNC(=NCc1cccc(Cn2ccnc2C)c1)NCC(CCO)CC(C)C. The highest BCUT2D eigenvalue weighted by atomic mass is 16.3. The maximum Gasteiger partial charge on any atom is 0.191 e. The molecule has 2 rings (SSSR count). The lowest BCUT2D eigenvalue weighted by Gasteiger charge is -2.20. The average Bonchev–Trinajstić information content (AvgIpc) is 3.08. The van der Waals surface area contributed by atoms with Crippen LogP contribution in [0.3, 0.4) is 0 Å². The summed E-state index contributed by atoms with van der Waals surface area (Å²) in [4.78, 5) is 9.05. The number of aliphatic imine (C=N–C) groups is 1. The molecule has 0 saturated heterocycles. The number of aliphatic hydroxyl groups excluding tert-OH is 1. The van der Waals surface area contributed by atoms with Crippen molar-refractivity contribution < 1.29 is 5.11 Å². The van der Waals surface area contributed by atoms with Crippen molar-refractivity contribution in [3.05, 3.63) is 53.6 Å². The molecule has 0 aliphatic rings. The van der Waals surface area contributed by atoms with Gasteiger partial charge in [-0.3, -0.25) is 0 Å². The lowest BCUT2D eigenvalue weighted by Crippen LogP contribution is -2.40. The minimum atomic E-state index is 0.232. The maximum absolute atomic E-state index is 9.33. The van der Waals surface area contributed by atoms with E-state index in [1.165, 1.54) is 11.1 Å². The van der Waals surface area contributed by atoms with E-state index in [0.717, 1.165) is 44.3 Å². The lowest BCUT2D eigenvalue weighted by atomic mass is 9.94. The van der Waals surface area contributed by atoms with E-state index in [9.17, 15) is 5.11 Å². The van der Waals surface area contributed by atoms with E-state index < -0.39 is 0 Å². The number of aryl methyl sites for hydroxylation is 1. The van der Waals surface area contributed by atoms with Crippen molar-refractivity contribution in [1.29, 1.82) is 0 Å². The molecule has 3 N–H and O–H groups in total. The smallest absolute Gasteiger partial charge is 0.191 e. The predicted octanol–water partition coefficient (Wildman–Crippen LogP) is 3.34. The fourth-order valence-corrected chi connectivity index (χ4v) is 3.50. The molecule has 0 bridgehead atoms. The van der Waals surface area contributed by atoms with Crippen molar-refractivity contribution >= 4 is 5.96 Å². The molecule has 2 aromatic rings. The molecule has 0 saturated carbocycles. The highest BCUT2D eigenvalue weighted by Crippen LogP contribution is 2.14. The van der Waals surface area contributed by atoms with Crippen molar-refractivity contribution in [2.24, 2.45) is 16.8 Å². The Kier molecular flexibility index (Phi) is 9.71. The van der Waals surface area contributed by atoms with Gasteiger partial charge in [-0.1, -0.05) is 38.1 Å². The van der Waals surface area contributed by atoms with Crippen molar-refractivity contribution in [1.82, 2.24) is 20.2 Å². The van der Waals surface area contributed by atoms with E-state index in [-0.39, 0.29) is 6.61 Å². The number of aliphatic hydroxyl groups is 1. The number of aromatic nitrogens is 2. The van der Waals surface area contributed by atoms with Gasteiger partial charge in [0.05, 0.1) is 6.54 Å². The second kappa shape index (κ2) is 12.3. The van der Waals surface area contributed by atoms with Gasteiger partial charge in [0.25, 0.3) is 0 Å². The van der Waals surface area contributed by atoms with Crippen LogP contribution in [-0.4, -0.2) is 40.3 Å². The summed E-state index contributed by atoms with van der Waals surface area (Å²) in [5.41, 5.74) is 2.43. The Morgan fingerprint density at radius 3 is 2.69 bits per heavy atom. The van der Waals surface area contributed by atoms with Crippen LogP contribution in [0.2, 0.25) is 0 Å². The summed E-state index contributed by atoms with van der Waals surface area (Å²) in [6.45, 7) is 11.9. The molecule has 160 valence electrons. The summed E-state index contributed by atoms with van der Waals surface area (Å²) in [6.07, 6.45) is 5.76. The van der Waals surface area contributed by atoms with Crippen LogP contribution < -0.4 is 10.6 Å². The Bertz CT molecular complexity index is 753. The molecule has 1 heterocycles. The topological polar surface area (TPSA) is 74.5 Å². The van der Waals surface area contributed by atoms with Gasteiger partial charge >= 0.3 is 0 Å². The van der Waals surface area contributed by atoms with Crippen molar-refractivity contribution in [2.75, 3.05) is 19.7 Å². The van der Waals surface area contributed by atoms with Crippen molar-refractivity contribution in [2.45, 2.75) is 53.6 Å². The van der Waals surface area contributed by atoms with E-state index >= 15 is 0 Å². The first kappa shape index (κ1) is 22.9. The zero-order valence-electron chi connectivity index (χ0n) is 18.4. The number of rotatable bonds is 11. The average molecular weight is 400 g/mol. The van der Waals surface area contributed by atoms with E-state index in [1.807, 2.05) is 19.3 Å². The van der Waals surface area contributed by atoms with Gasteiger partial charge in [-0.05, 0) is 49.7 Å². The number of benzene rings is 1. The molecule has 0 radical (unpaired) electrons. The van der Waals surface area contributed by atoms with E-state index in [1.54, 1.807) is 0 Å². The van der Waals surface area contributed by atoms with Crippen LogP contribution in [0.1, 0.15) is 50.6 Å². The molecule has 6 nitrogen and oxygen atoms in total. The number of nitrogens with zero attached hydrogens (tertiary/aromatic N) is 3. The molecule has 1 unspecified atom stereocenters. The Morgan fingerprint density at radius 2 is 2.03 bits per heavy atom. The zero-order valence-corrected chi connectivity index (χ0v) is 18.4. The summed E-state index contributed by atoms with van der Waals surface area (Å²) in [5, 5.41) is 16.1. The molecular weight excluding hydrogens is 362 g/mol. The third kappa shape index (κ3) is 8.28. The molecule has 0 aliphatic carbocycles. The number of imidazole rings is 1. The molecule has 0 spiro atoms. The highest BCUT2D eigenvalue weighted by molar-refractivity contribution is 5.79. The van der Waals surface area contributed by atoms with Gasteiger partial charge in [0, 0.05) is 38.6 Å². The van der Waals surface area contributed by atoms with Crippen LogP contribution in [0.15, 0.2) is 41.7 Å². The van der Waals surface area contributed by atoms with Crippen LogP contribution in [0.5, 0.6) is 0 Å². The first-order valence-electron chi connectivity index (χ1n) is 10.7. The van der Waals surface area contributed by atoms with Crippen LogP contribution >= 0.6 is 0 Å². The molecule has 6 heteroatoms. The molecule has 1 aromatic carbocycles. The Hall–Kier alpha value is -2.34. The first-order valence-corrected chi connectivity index (χ1v) is 10.7. The number of guanidine groups is 1. The first-order chi connectivity index (χ1) is 14.0. The molecule has 29 heavy (non-hydrogen) atoms. The third-order valence-corrected chi connectivity index (χ3v) is 4.93. The summed E-state index contributed by atoms with van der Waals surface area (Å²) >= 11 is 0. The van der Waals surface area contributed by atoms with Gasteiger partial charge in [-0.2, -0.15) is 0 Å². The van der Waals surface area contributed by atoms with Crippen LogP contribution in [0.25, 0.3) is 0 Å². The minimum absolute atomic E-state index is 0.232. The molecule has 0 amide bonds. The third-order valence-electron chi connectivity index (χ3n) is 4.93. The minimum Gasteiger partial charge on any atom is -0.396 e. The number of hydrogen-bond donors (Lipinski definition) is 3. The van der Waals surface area contributed by atoms with E-state index in [4.69, 9.17) is 4.99 Å². The largest absolute Gasteiger partial charge is 0.396 e. The highest BCUT2D eigenvalue weighted by Gasteiger charge is 2.11. The lowest BCUT2D eigenvalue weighted by molar-refractivity contribution is 0.243. The van der Waals surface area contributed by atoms with Crippen LogP contribution in [-0.2, 0) is 13.1 Å². The molecule has 1 atom stereocenters. The van der Waals surface area contributed by atoms with Gasteiger partial charge in [-0.25, -0.2) is 9.98 Å². The fourth-order valence-electron chi connectivity index (χ4n) is 3.50. The van der Waals surface area contributed by atoms with Crippen LogP contribution in [0, 0.1) is 18.8 Å². The summed E-state index contributed by atoms with van der Waals surface area (Å²) in [7, 11) is 0. The fraction of sp³-hybridized carbons (Fsp3) is 0.565. The quantitative estimate of drug-likeness (QED) is 0.400. The van der Waals surface area contributed by atoms with Gasteiger partial charge in [0.15, 0.2) is 5.96 Å². The van der Waals surface area contributed by atoms with Gasteiger partial charge in [0.1, 0.15) is 5.82 Å². The Morgan fingerprint density at radius 1 is 1.24 bits per heavy atom. The van der Waals surface area contributed by atoms with E-state index in [0.29, 0.717) is 18.4 Å². The zero-order chi connectivity index (χ0) is 21.1. The van der Waals surface area contributed by atoms with Crippen molar-refractivity contribution in [3.63, 3.8) is 0 Å². The number of nitrogens with one attached hydrogen (secondary N) is 2. The number of hydrogen-bond acceptors (Lipinski definition) is 3. The standard InChI is InChI=1S/C23H37N5O/c1-5-24-23(27-16-21(9-12-29)13-18(2)3)26-15-20-7-6-8-22(14-20)17-28-11-10-25-19(28)4/h6-8,10-11,14,18,21,29H,5,9,12-13,15-17H2,1-4H3,(H2,24,26,27). The predicted molar refractivity (Wildman–Crippen MR) is 120 cm³/mol. The van der Waals surface area contributed by atoms with Crippen LogP contribution in [0.4, 0.5) is 0 Å². The second-order valence-electron chi connectivity index (χ2n) is 8.01.